The predicted molar refractivity (Wildman–Crippen MR) is 77.7 cm³/mol. The molecule has 1 aromatic carbocycles. The standard InChI is InChI=1S/C14H19NO3S/c1-4-6-9-12-10-7-8-11-13(12)14(5-2)15-18-19(3,16)17/h4,6-8,10-11H,5,9H2,1-3H3. The molecule has 1 rings (SSSR count). The Morgan fingerprint density at radius 3 is 2.63 bits per heavy atom. The van der Waals surface area contributed by atoms with Gasteiger partial charge in [0, 0.05) is 5.56 Å². The van der Waals surface area contributed by atoms with Crippen molar-refractivity contribution in [2.45, 2.75) is 26.7 Å². The van der Waals surface area contributed by atoms with Crippen molar-refractivity contribution in [3.63, 3.8) is 0 Å². The van der Waals surface area contributed by atoms with Crippen LogP contribution in [0, 0.1) is 0 Å². The van der Waals surface area contributed by atoms with E-state index in [2.05, 4.69) is 9.44 Å². The van der Waals surface area contributed by atoms with Gasteiger partial charge in [0.1, 0.15) is 0 Å². The van der Waals surface area contributed by atoms with Crippen LogP contribution in [0.25, 0.3) is 0 Å². The minimum absolute atomic E-state index is 0.600. The second-order valence-corrected chi connectivity index (χ2v) is 5.66. The van der Waals surface area contributed by atoms with E-state index in [4.69, 9.17) is 0 Å². The summed E-state index contributed by atoms with van der Waals surface area (Å²) < 4.78 is 26.5. The molecular weight excluding hydrogens is 262 g/mol. The third-order valence-corrected chi connectivity index (χ3v) is 2.86. The molecule has 0 radical (unpaired) electrons. The average Bonchev–Trinajstić information content (AvgIpc) is 2.37. The molecule has 0 bridgehead atoms. The molecule has 0 aliphatic rings. The minimum atomic E-state index is -3.57. The van der Waals surface area contributed by atoms with Gasteiger partial charge in [-0.3, -0.25) is 4.28 Å². The molecule has 0 aromatic heterocycles. The van der Waals surface area contributed by atoms with Crippen LogP contribution in [-0.2, 0) is 20.8 Å². The summed E-state index contributed by atoms with van der Waals surface area (Å²) in [6, 6.07) is 7.78. The van der Waals surface area contributed by atoms with Crippen molar-refractivity contribution in [2.24, 2.45) is 5.16 Å². The Bertz CT molecular complexity index is 574. The van der Waals surface area contributed by atoms with Crippen LogP contribution >= 0.6 is 0 Å². The van der Waals surface area contributed by atoms with Crippen molar-refractivity contribution in [1.82, 2.24) is 0 Å². The molecule has 1 aromatic rings. The highest BCUT2D eigenvalue weighted by Crippen LogP contribution is 2.14. The van der Waals surface area contributed by atoms with Crippen molar-refractivity contribution in [3.8, 4) is 0 Å². The molecule has 0 saturated heterocycles. The summed E-state index contributed by atoms with van der Waals surface area (Å²) in [4.78, 5) is 0. The Labute approximate surface area is 114 Å². The zero-order valence-corrected chi connectivity index (χ0v) is 12.3. The lowest BCUT2D eigenvalue weighted by atomic mass is 9.99. The Hall–Kier alpha value is -1.62. The molecule has 0 fully saturated rings. The van der Waals surface area contributed by atoms with Crippen LogP contribution in [0.15, 0.2) is 41.6 Å². The first kappa shape index (κ1) is 15.4. The lowest BCUT2D eigenvalue weighted by molar-refractivity contribution is 0.342. The number of benzene rings is 1. The fourth-order valence-electron chi connectivity index (χ4n) is 1.64. The second kappa shape index (κ2) is 7.09. The van der Waals surface area contributed by atoms with Gasteiger partial charge in [0.2, 0.25) is 0 Å². The highest BCUT2D eigenvalue weighted by atomic mass is 32.2. The first-order valence-corrected chi connectivity index (χ1v) is 7.94. The normalized spacial score (nSPS) is 12.9. The van der Waals surface area contributed by atoms with Crippen molar-refractivity contribution in [2.75, 3.05) is 6.26 Å². The lowest BCUT2D eigenvalue weighted by Gasteiger charge is -2.08. The molecule has 0 heterocycles. The third kappa shape index (κ3) is 5.26. The molecule has 4 nitrogen and oxygen atoms in total. The fraction of sp³-hybridized carbons (Fsp3) is 0.357. The van der Waals surface area contributed by atoms with Crippen LogP contribution in [0.5, 0.6) is 0 Å². The van der Waals surface area contributed by atoms with Gasteiger partial charge < -0.3 is 0 Å². The largest absolute Gasteiger partial charge is 0.325 e. The molecule has 0 N–H and O–H groups in total. The van der Waals surface area contributed by atoms with Gasteiger partial charge in [0.05, 0.1) is 12.0 Å². The van der Waals surface area contributed by atoms with Gasteiger partial charge in [-0.15, -0.1) is 0 Å². The maximum atomic E-state index is 11.0. The third-order valence-electron chi connectivity index (χ3n) is 2.52. The van der Waals surface area contributed by atoms with Crippen molar-refractivity contribution in [1.29, 1.82) is 0 Å². The number of hydrogen-bond donors (Lipinski definition) is 0. The van der Waals surface area contributed by atoms with Gasteiger partial charge in [0.25, 0.3) is 0 Å². The monoisotopic (exact) mass is 281 g/mol. The van der Waals surface area contributed by atoms with Crippen molar-refractivity contribution < 1.29 is 12.7 Å². The van der Waals surface area contributed by atoms with E-state index in [1.807, 2.05) is 50.3 Å². The zero-order chi connectivity index (χ0) is 14.3. The average molecular weight is 281 g/mol. The number of allylic oxidation sites excluding steroid dienone is 2. The summed E-state index contributed by atoms with van der Waals surface area (Å²) in [5, 5.41) is 3.76. The van der Waals surface area contributed by atoms with Crippen molar-refractivity contribution in [3.05, 3.63) is 47.5 Å². The first-order valence-electron chi connectivity index (χ1n) is 6.12. The molecule has 104 valence electrons. The maximum Gasteiger partial charge on any atom is 0.325 e. The highest BCUT2D eigenvalue weighted by molar-refractivity contribution is 7.85. The van der Waals surface area contributed by atoms with Crippen LogP contribution in [0.2, 0.25) is 0 Å². The first-order chi connectivity index (χ1) is 8.98. The van der Waals surface area contributed by atoms with E-state index in [1.54, 1.807) is 0 Å². The van der Waals surface area contributed by atoms with Crippen LogP contribution in [0.3, 0.4) is 0 Å². The van der Waals surface area contributed by atoms with Gasteiger partial charge in [0.15, 0.2) is 0 Å². The Kier molecular flexibility index (Phi) is 5.76. The summed E-state index contributed by atoms with van der Waals surface area (Å²) in [5.41, 5.74) is 2.65. The summed E-state index contributed by atoms with van der Waals surface area (Å²) in [5.74, 6) is 0. The van der Waals surface area contributed by atoms with Gasteiger partial charge in [-0.05, 0) is 25.3 Å². The number of oxime groups is 1. The number of rotatable bonds is 6. The zero-order valence-electron chi connectivity index (χ0n) is 11.5. The molecule has 0 unspecified atom stereocenters. The van der Waals surface area contributed by atoms with Gasteiger partial charge in [-0.1, -0.05) is 48.5 Å². The Balaban J connectivity index is 3.10. The van der Waals surface area contributed by atoms with Crippen LogP contribution in [-0.4, -0.2) is 20.4 Å². The van der Waals surface area contributed by atoms with E-state index in [1.165, 1.54) is 0 Å². The summed E-state index contributed by atoms with van der Waals surface area (Å²) in [7, 11) is -3.57. The van der Waals surface area contributed by atoms with E-state index in [9.17, 15) is 8.42 Å². The molecule has 19 heavy (non-hydrogen) atoms. The minimum Gasteiger partial charge on any atom is -0.268 e. The smallest absolute Gasteiger partial charge is 0.268 e. The fourth-order valence-corrected chi connectivity index (χ4v) is 1.87. The number of nitrogens with zero attached hydrogens (tertiary/aromatic N) is 1. The quantitative estimate of drug-likeness (QED) is 0.457. The molecule has 0 amide bonds. The molecule has 0 atom stereocenters. The summed E-state index contributed by atoms with van der Waals surface area (Å²) >= 11 is 0. The van der Waals surface area contributed by atoms with E-state index in [0.29, 0.717) is 12.1 Å². The second-order valence-electron chi connectivity index (χ2n) is 4.10. The Morgan fingerprint density at radius 2 is 2.05 bits per heavy atom. The van der Waals surface area contributed by atoms with Crippen LogP contribution < -0.4 is 0 Å². The van der Waals surface area contributed by atoms with E-state index in [0.717, 1.165) is 23.8 Å². The number of hydrogen-bond acceptors (Lipinski definition) is 4. The summed E-state index contributed by atoms with van der Waals surface area (Å²) in [6.07, 6.45) is 6.39. The highest BCUT2D eigenvalue weighted by Gasteiger charge is 2.09. The predicted octanol–water partition coefficient (Wildman–Crippen LogP) is 2.90. The van der Waals surface area contributed by atoms with E-state index < -0.39 is 10.1 Å². The SMILES string of the molecule is CC=CCc1ccccc1C(CC)=NOS(C)(=O)=O. The van der Waals surface area contributed by atoms with Crippen LogP contribution in [0.4, 0.5) is 0 Å². The molecule has 0 saturated carbocycles. The topological polar surface area (TPSA) is 55.7 Å². The molecule has 0 aliphatic heterocycles. The van der Waals surface area contributed by atoms with Gasteiger partial charge >= 0.3 is 10.1 Å². The van der Waals surface area contributed by atoms with Crippen LogP contribution in [0.1, 0.15) is 31.4 Å². The summed E-state index contributed by atoms with van der Waals surface area (Å²) in [6.45, 7) is 3.88. The van der Waals surface area contributed by atoms with E-state index >= 15 is 0 Å². The lowest BCUT2D eigenvalue weighted by Crippen LogP contribution is -2.07. The van der Waals surface area contributed by atoms with Gasteiger partial charge in [-0.2, -0.15) is 8.42 Å². The molecule has 0 spiro atoms. The molecule has 0 aliphatic carbocycles. The maximum absolute atomic E-state index is 11.0. The van der Waals surface area contributed by atoms with E-state index in [-0.39, 0.29) is 0 Å². The van der Waals surface area contributed by atoms with Gasteiger partial charge in [-0.25, -0.2) is 0 Å². The molecule has 5 heteroatoms. The molecular formula is C14H19NO3S. The van der Waals surface area contributed by atoms with Crippen molar-refractivity contribution >= 4 is 15.8 Å². The Morgan fingerprint density at radius 1 is 1.37 bits per heavy atom.